The molecule has 0 radical (unpaired) electrons. The van der Waals surface area contributed by atoms with Gasteiger partial charge in [0, 0.05) is 12.8 Å². The van der Waals surface area contributed by atoms with E-state index in [1.54, 1.807) is 6.20 Å². The number of aromatic nitrogens is 2. The fraction of sp³-hybridized carbons (Fsp3) is 0.500. The average Bonchev–Trinajstić information content (AvgIpc) is 2.01. The van der Waals surface area contributed by atoms with Gasteiger partial charge in [-0.1, -0.05) is 0 Å². The molecule has 0 aliphatic heterocycles. The van der Waals surface area contributed by atoms with Gasteiger partial charge in [-0.15, -0.1) is 5.10 Å². The van der Waals surface area contributed by atoms with E-state index in [4.69, 9.17) is 0 Å². The lowest BCUT2D eigenvalue weighted by molar-refractivity contribution is 0.602. The summed E-state index contributed by atoms with van der Waals surface area (Å²) in [7, 11) is -2.92. The monoisotopic (exact) mass is 215 g/mol. The predicted molar refractivity (Wildman–Crippen MR) is 55.0 cm³/mol. The van der Waals surface area contributed by atoms with E-state index in [1.807, 2.05) is 13.0 Å². The molecule has 0 fully saturated rings. The van der Waals surface area contributed by atoms with Gasteiger partial charge in [-0.3, -0.25) is 0 Å². The molecule has 0 bridgehead atoms. The first-order chi connectivity index (χ1) is 6.47. The number of rotatable bonds is 4. The summed E-state index contributed by atoms with van der Waals surface area (Å²) in [6, 6.07) is 1.81. The van der Waals surface area contributed by atoms with Crippen molar-refractivity contribution in [3.63, 3.8) is 0 Å². The van der Waals surface area contributed by atoms with Crippen LogP contribution < -0.4 is 5.32 Å². The molecule has 0 saturated heterocycles. The Hall–Kier alpha value is -1.17. The summed E-state index contributed by atoms with van der Waals surface area (Å²) >= 11 is 0. The van der Waals surface area contributed by atoms with Gasteiger partial charge < -0.3 is 5.32 Å². The van der Waals surface area contributed by atoms with Gasteiger partial charge in [0.2, 0.25) is 0 Å². The molecule has 0 aliphatic rings. The van der Waals surface area contributed by atoms with E-state index in [9.17, 15) is 8.42 Å². The van der Waals surface area contributed by atoms with Crippen molar-refractivity contribution in [2.24, 2.45) is 0 Å². The molecule has 0 atom stereocenters. The highest BCUT2D eigenvalue weighted by atomic mass is 32.2. The first-order valence-electron chi connectivity index (χ1n) is 4.18. The first kappa shape index (κ1) is 10.9. The molecule has 0 spiro atoms. The van der Waals surface area contributed by atoms with Crippen LogP contribution >= 0.6 is 0 Å². The molecule has 6 heteroatoms. The Kier molecular flexibility index (Phi) is 3.40. The van der Waals surface area contributed by atoms with Gasteiger partial charge in [0.1, 0.15) is 15.7 Å². The van der Waals surface area contributed by atoms with Crippen LogP contribution in [0.15, 0.2) is 12.3 Å². The van der Waals surface area contributed by atoms with Gasteiger partial charge in [-0.25, -0.2) is 8.42 Å². The smallest absolute Gasteiger partial charge is 0.149 e. The number of hydrogen-bond donors (Lipinski definition) is 1. The van der Waals surface area contributed by atoms with E-state index in [-0.39, 0.29) is 5.75 Å². The van der Waals surface area contributed by atoms with Gasteiger partial charge >= 0.3 is 0 Å². The normalized spacial score (nSPS) is 11.3. The Bertz CT molecular complexity index is 403. The second kappa shape index (κ2) is 4.36. The second-order valence-electron chi connectivity index (χ2n) is 3.17. The van der Waals surface area contributed by atoms with Crippen LogP contribution in [-0.4, -0.2) is 37.2 Å². The molecule has 0 saturated carbocycles. The quantitative estimate of drug-likeness (QED) is 0.779. The van der Waals surface area contributed by atoms with Crippen LogP contribution in [0.25, 0.3) is 0 Å². The minimum absolute atomic E-state index is 0.0998. The van der Waals surface area contributed by atoms with E-state index < -0.39 is 9.84 Å². The molecular weight excluding hydrogens is 202 g/mol. The average molecular weight is 215 g/mol. The second-order valence-corrected chi connectivity index (χ2v) is 5.43. The van der Waals surface area contributed by atoms with Crippen LogP contribution in [0.2, 0.25) is 0 Å². The van der Waals surface area contributed by atoms with Crippen molar-refractivity contribution in [2.45, 2.75) is 6.92 Å². The SMILES string of the molecule is Cc1cnnc(NCCS(C)(=O)=O)c1. The Labute approximate surface area is 83.5 Å². The zero-order chi connectivity index (χ0) is 10.6. The van der Waals surface area contributed by atoms with E-state index in [2.05, 4.69) is 15.5 Å². The summed E-state index contributed by atoms with van der Waals surface area (Å²) in [6.07, 6.45) is 2.85. The lowest BCUT2D eigenvalue weighted by Crippen LogP contribution is -2.14. The predicted octanol–water partition coefficient (Wildman–Crippen LogP) is 0.242. The molecule has 1 aromatic heterocycles. The maximum Gasteiger partial charge on any atom is 0.149 e. The van der Waals surface area contributed by atoms with Crippen LogP contribution in [-0.2, 0) is 9.84 Å². The van der Waals surface area contributed by atoms with E-state index in [1.165, 1.54) is 6.26 Å². The fourth-order valence-corrected chi connectivity index (χ4v) is 1.39. The summed E-state index contributed by atoms with van der Waals surface area (Å²) in [5, 5.41) is 10.4. The van der Waals surface area contributed by atoms with Crippen molar-refractivity contribution in [1.82, 2.24) is 10.2 Å². The Balaban J connectivity index is 2.47. The van der Waals surface area contributed by atoms with Crippen LogP contribution in [0.1, 0.15) is 5.56 Å². The number of sulfone groups is 1. The first-order valence-corrected chi connectivity index (χ1v) is 6.24. The Morgan fingerprint density at radius 1 is 1.50 bits per heavy atom. The number of nitrogens with zero attached hydrogens (tertiary/aromatic N) is 2. The third-order valence-electron chi connectivity index (χ3n) is 1.57. The molecule has 5 nitrogen and oxygen atoms in total. The van der Waals surface area contributed by atoms with Crippen molar-refractivity contribution in [2.75, 3.05) is 23.9 Å². The lowest BCUT2D eigenvalue weighted by atomic mass is 10.3. The summed E-state index contributed by atoms with van der Waals surface area (Å²) in [4.78, 5) is 0. The topological polar surface area (TPSA) is 72.0 Å². The molecule has 78 valence electrons. The fourth-order valence-electron chi connectivity index (χ4n) is 0.915. The minimum Gasteiger partial charge on any atom is -0.368 e. The highest BCUT2D eigenvalue weighted by Crippen LogP contribution is 2.02. The third-order valence-corrected chi connectivity index (χ3v) is 2.52. The van der Waals surface area contributed by atoms with Crippen molar-refractivity contribution in [3.05, 3.63) is 17.8 Å². The summed E-state index contributed by atoms with van der Waals surface area (Å²) < 4.78 is 21.6. The Morgan fingerprint density at radius 3 is 2.79 bits per heavy atom. The maximum atomic E-state index is 10.8. The molecular formula is C8H13N3O2S. The van der Waals surface area contributed by atoms with Gasteiger partial charge in [0.05, 0.1) is 11.9 Å². The zero-order valence-corrected chi connectivity index (χ0v) is 9.00. The van der Waals surface area contributed by atoms with Crippen molar-refractivity contribution in [3.8, 4) is 0 Å². The summed E-state index contributed by atoms with van der Waals surface area (Å²) in [5.41, 5.74) is 0.988. The summed E-state index contributed by atoms with van der Waals surface area (Å²) in [5.74, 6) is 0.705. The molecule has 1 heterocycles. The van der Waals surface area contributed by atoms with E-state index in [0.717, 1.165) is 5.56 Å². The van der Waals surface area contributed by atoms with Gasteiger partial charge in [-0.05, 0) is 18.6 Å². The highest BCUT2D eigenvalue weighted by Gasteiger charge is 2.01. The van der Waals surface area contributed by atoms with Crippen molar-refractivity contribution < 1.29 is 8.42 Å². The molecule has 0 aliphatic carbocycles. The highest BCUT2D eigenvalue weighted by molar-refractivity contribution is 7.90. The summed E-state index contributed by atoms with van der Waals surface area (Å²) in [6.45, 7) is 2.26. The zero-order valence-electron chi connectivity index (χ0n) is 8.19. The maximum absolute atomic E-state index is 10.8. The van der Waals surface area contributed by atoms with E-state index >= 15 is 0 Å². The number of nitrogens with one attached hydrogen (secondary N) is 1. The van der Waals surface area contributed by atoms with Gasteiger partial charge in [0.15, 0.2) is 0 Å². The molecule has 1 rings (SSSR count). The third kappa shape index (κ3) is 4.18. The van der Waals surface area contributed by atoms with Crippen LogP contribution in [0, 0.1) is 6.92 Å². The van der Waals surface area contributed by atoms with Crippen molar-refractivity contribution >= 4 is 15.7 Å². The van der Waals surface area contributed by atoms with Crippen LogP contribution in [0.5, 0.6) is 0 Å². The molecule has 0 aromatic carbocycles. The van der Waals surface area contributed by atoms with Gasteiger partial charge in [-0.2, -0.15) is 5.10 Å². The van der Waals surface area contributed by atoms with Crippen molar-refractivity contribution in [1.29, 1.82) is 0 Å². The minimum atomic E-state index is -2.92. The van der Waals surface area contributed by atoms with Crippen LogP contribution in [0.4, 0.5) is 5.82 Å². The molecule has 0 unspecified atom stereocenters. The van der Waals surface area contributed by atoms with E-state index in [0.29, 0.717) is 12.4 Å². The largest absolute Gasteiger partial charge is 0.368 e. The molecule has 1 N–H and O–H groups in total. The number of hydrogen-bond acceptors (Lipinski definition) is 5. The lowest BCUT2D eigenvalue weighted by Gasteiger charge is -2.03. The number of aryl methyl sites for hydroxylation is 1. The van der Waals surface area contributed by atoms with Gasteiger partial charge in [0.25, 0.3) is 0 Å². The molecule has 1 aromatic rings. The molecule has 14 heavy (non-hydrogen) atoms. The molecule has 0 amide bonds. The number of anilines is 1. The standard InChI is InChI=1S/C8H13N3O2S/c1-7-5-8(11-10-6-7)9-3-4-14(2,12)13/h5-6H,3-4H2,1-2H3,(H,9,11). The van der Waals surface area contributed by atoms with Crippen LogP contribution in [0.3, 0.4) is 0 Å². The Morgan fingerprint density at radius 2 is 2.21 bits per heavy atom.